The third-order valence-corrected chi connectivity index (χ3v) is 2.57. The van der Waals surface area contributed by atoms with Gasteiger partial charge in [0, 0.05) is 13.7 Å². The number of fused-ring (bicyclic) bond motifs is 1. The fourth-order valence-electron chi connectivity index (χ4n) is 1.80. The Bertz CT molecular complexity index is 179. The molecule has 6 nitrogen and oxygen atoms in total. The molecule has 0 bridgehead atoms. The zero-order valence-electron chi connectivity index (χ0n) is 8.08. The Hall–Kier alpha value is -0.240. The first-order valence-corrected chi connectivity index (χ1v) is 4.51. The molecule has 4 unspecified atom stereocenters. The minimum atomic E-state index is -1.03. The minimum absolute atomic E-state index is 0.150. The van der Waals surface area contributed by atoms with Gasteiger partial charge >= 0.3 is 0 Å². The lowest BCUT2D eigenvalue weighted by atomic mass is 9.95. The third-order valence-electron chi connectivity index (χ3n) is 2.57. The van der Waals surface area contributed by atoms with E-state index < -0.39 is 18.3 Å². The first-order chi connectivity index (χ1) is 6.70. The Kier molecular flexibility index (Phi) is 4.24. The van der Waals surface area contributed by atoms with E-state index >= 15 is 0 Å². The molecule has 2 saturated heterocycles. The number of ether oxygens (including phenoxy) is 1. The van der Waals surface area contributed by atoms with Gasteiger partial charge in [0.2, 0.25) is 0 Å². The van der Waals surface area contributed by atoms with Crippen LogP contribution in [-0.4, -0.2) is 76.7 Å². The molecular weight excluding hydrogens is 190 g/mol. The predicted octanol–water partition coefficient (Wildman–Crippen LogP) is -2.65. The minimum Gasteiger partial charge on any atom is -0.400 e. The van der Waals surface area contributed by atoms with Gasteiger partial charge in [-0.25, -0.2) is 0 Å². The van der Waals surface area contributed by atoms with E-state index in [0.29, 0.717) is 19.9 Å². The zero-order valence-corrected chi connectivity index (χ0v) is 8.08. The summed E-state index contributed by atoms with van der Waals surface area (Å²) in [4.78, 5) is 1.84. The largest absolute Gasteiger partial charge is 0.400 e. The Labute approximate surface area is 82.3 Å². The van der Waals surface area contributed by atoms with E-state index in [4.69, 9.17) is 9.84 Å². The van der Waals surface area contributed by atoms with Crippen LogP contribution in [0.1, 0.15) is 0 Å². The van der Waals surface area contributed by atoms with Crippen molar-refractivity contribution in [2.75, 3.05) is 27.0 Å². The van der Waals surface area contributed by atoms with Crippen molar-refractivity contribution in [2.24, 2.45) is 0 Å². The number of aliphatic hydroxyl groups is 4. The van der Waals surface area contributed by atoms with Crippen molar-refractivity contribution in [3.63, 3.8) is 0 Å². The van der Waals surface area contributed by atoms with Crippen molar-refractivity contribution in [1.29, 1.82) is 0 Å². The van der Waals surface area contributed by atoms with Crippen LogP contribution >= 0.6 is 0 Å². The standard InChI is InChI=1S/C7H13NO4.CH4O/c9-5-1-8-3-12-2-4(8)6(10)7(5)11;1-2/h4-7,9-11H,1-3H2;2H,1H3. The first kappa shape index (κ1) is 11.8. The van der Waals surface area contributed by atoms with Gasteiger partial charge < -0.3 is 25.2 Å². The number of aliphatic hydroxyl groups excluding tert-OH is 4. The van der Waals surface area contributed by atoms with Crippen LogP contribution < -0.4 is 0 Å². The summed E-state index contributed by atoms with van der Waals surface area (Å²) >= 11 is 0. The lowest BCUT2D eigenvalue weighted by molar-refractivity contribution is -0.125. The van der Waals surface area contributed by atoms with Crippen LogP contribution in [0, 0.1) is 0 Å². The van der Waals surface area contributed by atoms with Crippen LogP contribution in [0.2, 0.25) is 0 Å². The zero-order chi connectivity index (χ0) is 10.7. The number of piperidine rings is 1. The second kappa shape index (κ2) is 5.01. The second-order valence-corrected chi connectivity index (χ2v) is 3.39. The molecule has 0 aromatic rings. The topological polar surface area (TPSA) is 93.4 Å². The normalized spacial score (nSPS) is 42.6. The average molecular weight is 207 g/mol. The van der Waals surface area contributed by atoms with Crippen LogP contribution in [0.4, 0.5) is 0 Å². The van der Waals surface area contributed by atoms with Gasteiger partial charge in [-0.3, -0.25) is 4.90 Å². The number of nitrogens with zero attached hydrogens (tertiary/aromatic N) is 1. The molecule has 0 aliphatic carbocycles. The molecule has 4 N–H and O–H groups in total. The molecule has 2 fully saturated rings. The summed E-state index contributed by atoms with van der Waals surface area (Å²) in [5, 5.41) is 35.1. The Balaban J connectivity index is 0.000000461. The molecule has 84 valence electrons. The van der Waals surface area contributed by atoms with E-state index in [2.05, 4.69) is 0 Å². The van der Waals surface area contributed by atoms with Gasteiger partial charge in [0.15, 0.2) is 0 Å². The maximum Gasteiger partial charge on any atom is 0.109 e. The fraction of sp³-hybridized carbons (Fsp3) is 1.00. The van der Waals surface area contributed by atoms with Crippen molar-refractivity contribution < 1.29 is 25.2 Å². The molecule has 4 atom stereocenters. The molecule has 6 heteroatoms. The summed E-state index contributed by atoms with van der Waals surface area (Å²) < 4.78 is 5.10. The van der Waals surface area contributed by atoms with Gasteiger partial charge in [0.05, 0.1) is 25.5 Å². The van der Waals surface area contributed by atoms with Crippen molar-refractivity contribution in [2.45, 2.75) is 24.4 Å². The molecular formula is C8H17NO5. The first-order valence-electron chi connectivity index (χ1n) is 4.51. The van der Waals surface area contributed by atoms with Gasteiger partial charge in [0.25, 0.3) is 0 Å². The third kappa shape index (κ3) is 2.05. The van der Waals surface area contributed by atoms with Gasteiger partial charge in [-0.1, -0.05) is 0 Å². The van der Waals surface area contributed by atoms with Gasteiger partial charge in [-0.15, -0.1) is 0 Å². The van der Waals surface area contributed by atoms with Crippen LogP contribution in [0.15, 0.2) is 0 Å². The summed E-state index contributed by atoms with van der Waals surface area (Å²) in [6.45, 7) is 1.25. The molecule has 0 radical (unpaired) electrons. The van der Waals surface area contributed by atoms with E-state index in [9.17, 15) is 15.3 Å². The van der Waals surface area contributed by atoms with E-state index in [1.54, 1.807) is 0 Å². The maximum atomic E-state index is 9.49. The lowest BCUT2D eigenvalue weighted by Gasteiger charge is -2.38. The van der Waals surface area contributed by atoms with Crippen LogP contribution in [0.3, 0.4) is 0 Å². The van der Waals surface area contributed by atoms with Gasteiger partial charge in [-0.2, -0.15) is 0 Å². The smallest absolute Gasteiger partial charge is 0.109 e. The lowest BCUT2D eigenvalue weighted by Crippen LogP contribution is -2.59. The fourth-order valence-corrected chi connectivity index (χ4v) is 1.80. The van der Waals surface area contributed by atoms with E-state index in [-0.39, 0.29) is 6.04 Å². The highest BCUT2D eigenvalue weighted by Crippen LogP contribution is 2.22. The van der Waals surface area contributed by atoms with Crippen molar-refractivity contribution >= 4 is 0 Å². The predicted molar refractivity (Wildman–Crippen MR) is 47.5 cm³/mol. The highest BCUT2D eigenvalue weighted by atomic mass is 16.5. The molecule has 0 aromatic heterocycles. The molecule has 2 aliphatic heterocycles. The molecule has 0 saturated carbocycles. The SMILES string of the molecule is CO.OC1CN2COCC2C(O)C1O. The molecule has 14 heavy (non-hydrogen) atoms. The molecule has 0 amide bonds. The summed E-state index contributed by atoms with van der Waals surface area (Å²) in [5.41, 5.74) is 0. The second-order valence-electron chi connectivity index (χ2n) is 3.39. The average Bonchev–Trinajstić information content (AvgIpc) is 2.65. The Morgan fingerprint density at radius 3 is 2.43 bits per heavy atom. The summed E-state index contributed by atoms with van der Waals surface area (Å²) in [6, 6.07) is -0.150. The number of hydrogen-bond donors (Lipinski definition) is 4. The Morgan fingerprint density at radius 1 is 1.14 bits per heavy atom. The summed E-state index contributed by atoms with van der Waals surface area (Å²) in [7, 11) is 1.00. The summed E-state index contributed by atoms with van der Waals surface area (Å²) in [5.74, 6) is 0. The molecule has 2 rings (SSSR count). The number of hydrogen-bond acceptors (Lipinski definition) is 6. The molecule has 2 heterocycles. The van der Waals surface area contributed by atoms with Crippen LogP contribution in [-0.2, 0) is 4.74 Å². The Morgan fingerprint density at radius 2 is 1.79 bits per heavy atom. The highest BCUT2D eigenvalue weighted by molar-refractivity contribution is 4.95. The van der Waals surface area contributed by atoms with Gasteiger partial charge in [0.1, 0.15) is 12.2 Å². The monoisotopic (exact) mass is 207 g/mol. The van der Waals surface area contributed by atoms with E-state index in [1.165, 1.54) is 0 Å². The van der Waals surface area contributed by atoms with Crippen LogP contribution in [0.25, 0.3) is 0 Å². The number of rotatable bonds is 0. The molecule has 0 spiro atoms. The molecule has 0 aromatic carbocycles. The summed E-state index contributed by atoms with van der Waals surface area (Å²) in [6.07, 6.45) is -2.79. The van der Waals surface area contributed by atoms with Gasteiger partial charge in [-0.05, 0) is 0 Å². The van der Waals surface area contributed by atoms with Crippen LogP contribution in [0.5, 0.6) is 0 Å². The van der Waals surface area contributed by atoms with E-state index in [1.807, 2.05) is 4.90 Å². The molecule has 2 aliphatic rings. The quantitative estimate of drug-likeness (QED) is 0.347. The maximum absolute atomic E-state index is 9.49. The van der Waals surface area contributed by atoms with Crippen molar-refractivity contribution in [3.05, 3.63) is 0 Å². The highest BCUT2D eigenvalue weighted by Gasteiger charge is 2.43. The van der Waals surface area contributed by atoms with Crippen molar-refractivity contribution in [3.8, 4) is 0 Å². The van der Waals surface area contributed by atoms with Crippen molar-refractivity contribution in [1.82, 2.24) is 4.90 Å². The van der Waals surface area contributed by atoms with E-state index in [0.717, 1.165) is 7.11 Å².